The first-order valence-corrected chi connectivity index (χ1v) is 6.83. The Morgan fingerprint density at radius 1 is 1.14 bits per heavy atom. The van der Waals surface area contributed by atoms with E-state index in [1.54, 1.807) is 5.43 Å². The van der Waals surface area contributed by atoms with Gasteiger partial charge in [0.15, 0.2) is 6.04 Å². The first-order chi connectivity index (χ1) is 9.97. The van der Waals surface area contributed by atoms with Crippen LogP contribution in [0.15, 0.2) is 42.5 Å². The molecule has 0 radical (unpaired) electrons. The van der Waals surface area contributed by atoms with E-state index in [0.717, 1.165) is 16.5 Å². The zero-order valence-electron chi connectivity index (χ0n) is 11.9. The number of rotatable bonds is 2. The van der Waals surface area contributed by atoms with Crippen molar-refractivity contribution in [1.29, 1.82) is 0 Å². The Bertz CT molecular complexity index is 642. The molecule has 2 aromatic rings. The fraction of sp³-hybridized carbons (Fsp3) is 0.333. The summed E-state index contributed by atoms with van der Waals surface area (Å²) in [5.41, 5.74) is 2.34. The highest BCUT2D eigenvalue weighted by molar-refractivity contribution is 5.93. The first kappa shape index (κ1) is 16.9. The van der Waals surface area contributed by atoms with Crippen LogP contribution in [0.2, 0.25) is 0 Å². The summed E-state index contributed by atoms with van der Waals surface area (Å²) in [4.78, 5) is 0. The third-order valence-electron chi connectivity index (χ3n) is 3.93. The number of nitrogens with one attached hydrogen (secondary N) is 1. The van der Waals surface area contributed by atoms with Crippen molar-refractivity contribution in [1.82, 2.24) is 5.01 Å². The summed E-state index contributed by atoms with van der Waals surface area (Å²) >= 11 is 0. The Hall–Kier alpha value is -1.50. The molecule has 22 heavy (non-hydrogen) atoms. The van der Waals surface area contributed by atoms with Crippen LogP contribution >= 0.6 is 0 Å². The normalized spacial score (nSPS) is 22.5. The highest BCUT2D eigenvalue weighted by Gasteiger charge is 2.53. The molecule has 2 unspecified atom stereocenters. The van der Waals surface area contributed by atoms with Gasteiger partial charge in [-0.05, 0) is 11.5 Å². The molecule has 0 saturated carbocycles. The summed E-state index contributed by atoms with van der Waals surface area (Å²) < 4.78 is 39.5. The van der Waals surface area contributed by atoms with Gasteiger partial charge in [-0.2, -0.15) is 13.2 Å². The number of halogens is 4. The van der Waals surface area contributed by atoms with Crippen molar-refractivity contribution in [2.45, 2.75) is 18.3 Å². The zero-order valence-corrected chi connectivity index (χ0v) is 12.7. The van der Waals surface area contributed by atoms with Crippen LogP contribution in [-0.2, 0) is 0 Å². The van der Waals surface area contributed by atoms with Gasteiger partial charge in [-0.25, -0.2) is 0 Å². The van der Waals surface area contributed by atoms with Gasteiger partial charge >= 0.3 is 6.18 Å². The zero-order chi connectivity index (χ0) is 15.0. The van der Waals surface area contributed by atoms with Crippen molar-refractivity contribution in [3.8, 4) is 0 Å². The van der Waals surface area contributed by atoms with E-state index < -0.39 is 18.3 Å². The molecule has 1 heterocycles. The molecule has 1 aliphatic heterocycles. The standard InChI is InChI=1S/C15H16F3N3.ClH/c1-21-14(15(16,17)18)13(9-19-21)20-12-8-4-6-10-5-2-3-7-11(10)12;/h2-8,13-14,19-20H,9H2,1H3;1H. The number of fused-ring (bicyclic) bond motifs is 1. The van der Waals surface area contributed by atoms with Gasteiger partial charge in [-0.3, -0.25) is 5.43 Å². The molecule has 0 amide bonds. The largest absolute Gasteiger partial charge is 1.00 e. The maximum atomic E-state index is 13.2. The maximum Gasteiger partial charge on any atom is 0.411 e. The number of nitrogens with zero attached hydrogens (tertiary/aromatic N) is 1. The van der Waals surface area contributed by atoms with Crippen LogP contribution in [0.25, 0.3) is 10.8 Å². The molecule has 1 saturated heterocycles. The van der Waals surface area contributed by atoms with Crippen LogP contribution in [0.5, 0.6) is 0 Å². The van der Waals surface area contributed by atoms with Gasteiger partial charge in [0, 0.05) is 18.1 Å². The van der Waals surface area contributed by atoms with Crippen LogP contribution in [-0.4, -0.2) is 36.9 Å². The SMILES string of the molecule is CN1[NH2+]CC(Nc2cccc3ccccc23)C1C(F)(F)F.[Cl-]. The number of hydrogen-bond acceptors (Lipinski definition) is 2. The number of anilines is 1. The number of hydrogen-bond donors (Lipinski definition) is 2. The van der Waals surface area contributed by atoms with Gasteiger partial charge in [0.1, 0.15) is 12.6 Å². The summed E-state index contributed by atoms with van der Waals surface area (Å²) in [6.07, 6.45) is -4.25. The Morgan fingerprint density at radius 3 is 2.55 bits per heavy atom. The topological polar surface area (TPSA) is 31.9 Å². The van der Waals surface area contributed by atoms with Gasteiger partial charge in [0.05, 0.1) is 0 Å². The minimum absolute atomic E-state index is 0. The van der Waals surface area contributed by atoms with E-state index in [1.165, 1.54) is 12.1 Å². The Labute approximate surface area is 132 Å². The lowest BCUT2D eigenvalue weighted by atomic mass is 10.1. The van der Waals surface area contributed by atoms with Crippen LogP contribution < -0.4 is 23.1 Å². The van der Waals surface area contributed by atoms with E-state index in [1.807, 2.05) is 42.5 Å². The van der Waals surface area contributed by atoms with Gasteiger partial charge in [-0.1, -0.05) is 36.4 Å². The Kier molecular flexibility index (Phi) is 4.84. The number of nitrogens with two attached hydrogens (primary N) is 1. The van der Waals surface area contributed by atoms with Crippen molar-refractivity contribution in [2.75, 3.05) is 18.9 Å². The molecule has 1 aliphatic rings. The van der Waals surface area contributed by atoms with Crippen LogP contribution in [0.1, 0.15) is 0 Å². The lowest BCUT2D eigenvalue weighted by molar-refractivity contribution is -0.785. The van der Waals surface area contributed by atoms with Crippen molar-refractivity contribution < 1.29 is 31.0 Å². The second kappa shape index (κ2) is 6.32. The van der Waals surface area contributed by atoms with E-state index in [9.17, 15) is 13.2 Å². The van der Waals surface area contributed by atoms with E-state index >= 15 is 0 Å². The predicted molar refractivity (Wildman–Crippen MR) is 75.8 cm³/mol. The highest BCUT2D eigenvalue weighted by Crippen LogP contribution is 2.30. The third kappa shape index (κ3) is 3.14. The predicted octanol–water partition coefficient (Wildman–Crippen LogP) is -1.02. The Balaban J connectivity index is 0.00000176. The lowest BCUT2D eigenvalue weighted by Crippen LogP contribution is -3.00. The van der Waals surface area contributed by atoms with Crippen molar-refractivity contribution >= 4 is 16.5 Å². The second-order valence-corrected chi connectivity index (χ2v) is 5.35. The molecule has 3 nitrogen and oxygen atoms in total. The van der Waals surface area contributed by atoms with E-state index in [0.29, 0.717) is 6.54 Å². The minimum atomic E-state index is -4.25. The van der Waals surface area contributed by atoms with E-state index in [2.05, 4.69) is 5.32 Å². The molecule has 0 aliphatic carbocycles. The fourth-order valence-corrected chi connectivity index (χ4v) is 2.95. The number of likely N-dealkylation sites (N-methyl/N-ethyl adjacent to an activating group) is 1. The molecular weight excluding hydrogens is 315 g/mol. The molecule has 120 valence electrons. The quantitative estimate of drug-likeness (QED) is 0.691. The highest BCUT2D eigenvalue weighted by atomic mass is 35.5. The summed E-state index contributed by atoms with van der Waals surface area (Å²) in [6, 6.07) is 11.2. The molecular formula is C15H17ClF3N3. The Morgan fingerprint density at radius 2 is 1.82 bits per heavy atom. The average molecular weight is 332 g/mol. The van der Waals surface area contributed by atoms with E-state index in [-0.39, 0.29) is 12.4 Å². The molecule has 0 bridgehead atoms. The number of quaternary nitrogens is 1. The van der Waals surface area contributed by atoms with Crippen molar-refractivity contribution in [3.63, 3.8) is 0 Å². The summed E-state index contributed by atoms with van der Waals surface area (Å²) in [5, 5.41) is 6.29. The average Bonchev–Trinajstić information content (AvgIpc) is 2.80. The van der Waals surface area contributed by atoms with Gasteiger partial charge in [0.25, 0.3) is 0 Å². The molecule has 3 rings (SSSR count). The molecule has 3 N–H and O–H groups in total. The van der Waals surface area contributed by atoms with Gasteiger partial charge < -0.3 is 17.7 Å². The smallest absolute Gasteiger partial charge is 0.411 e. The van der Waals surface area contributed by atoms with Crippen LogP contribution in [0, 0.1) is 0 Å². The van der Waals surface area contributed by atoms with Crippen molar-refractivity contribution in [2.24, 2.45) is 0 Å². The monoisotopic (exact) mass is 331 g/mol. The minimum Gasteiger partial charge on any atom is -1.00 e. The van der Waals surface area contributed by atoms with Gasteiger partial charge in [-0.15, -0.1) is 5.01 Å². The maximum absolute atomic E-state index is 13.2. The van der Waals surface area contributed by atoms with Crippen molar-refractivity contribution in [3.05, 3.63) is 42.5 Å². The van der Waals surface area contributed by atoms with Gasteiger partial charge in [0.2, 0.25) is 0 Å². The summed E-state index contributed by atoms with van der Waals surface area (Å²) in [7, 11) is 1.48. The summed E-state index contributed by atoms with van der Waals surface area (Å²) in [5.74, 6) is 0. The molecule has 0 aromatic heterocycles. The number of benzene rings is 2. The molecule has 1 fully saturated rings. The molecule has 2 atom stereocenters. The number of alkyl halides is 3. The van der Waals surface area contributed by atoms with E-state index in [4.69, 9.17) is 0 Å². The van der Waals surface area contributed by atoms with Crippen LogP contribution in [0.3, 0.4) is 0 Å². The van der Waals surface area contributed by atoms with Crippen LogP contribution in [0.4, 0.5) is 18.9 Å². The third-order valence-corrected chi connectivity index (χ3v) is 3.93. The first-order valence-electron chi connectivity index (χ1n) is 6.83. The summed E-state index contributed by atoms with van der Waals surface area (Å²) in [6.45, 7) is 0.365. The molecule has 7 heteroatoms. The fourth-order valence-electron chi connectivity index (χ4n) is 2.95. The second-order valence-electron chi connectivity index (χ2n) is 5.35. The molecule has 0 spiro atoms. The molecule has 2 aromatic carbocycles. The lowest BCUT2D eigenvalue weighted by Gasteiger charge is -2.24.